The Morgan fingerprint density at radius 3 is 2.37 bits per heavy atom. The molecule has 2 N–H and O–H groups in total. The summed E-state index contributed by atoms with van der Waals surface area (Å²) in [5.41, 5.74) is 7.76. The molecular weight excluding hydrogens is 325 g/mol. The van der Waals surface area contributed by atoms with Crippen molar-refractivity contribution < 1.29 is 4.39 Å². The van der Waals surface area contributed by atoms with Gasteiger partial charge < -0.3 is 5.73 Å². The molecule has 2 aromatic rings. The molecule has 2 aromatic carbocycles. The Kier molecular flexibility index (Phi) is 4.53. The molecule has 0 atom stereocenters. The van der Waals surface area contributed by atoms with Crippen molar-refractivity contribution in [1.29, 1.82) is 0 Å². The Morgan fingerprint density at radius 1 is 1.16 bits per heavy atom. The third-order valence-corrected chi connectivity index (χ3v) is 4.52. The number of halogens is 2. The Labute approximate surface area is 125 Å². The fourth-order valence-electron chi connectivity index (χ4n) is 1.68. The van der Waals surface area contributed by atoms with E-state index in [9.17, 15) is 4.39 Å². The van der Waals surface area contributed by atoms with Crippen molar-refractivity contribution >= 4 is 33.4 Å². The molecule has 0 aliphatic heterocycles. The second kappa shape index (κ2) is 5.97. The molecule has 19 heavy (non-hydrogen) atoms. The first-order valence-electron chi connectivity index (χ1n) is 5.99. The fraction of sp³-hybridized carbons (Fsp3) is 0.200. The SMILES string of the molecule is CC(C)c1ccc(Sc2cc(F)c(Br)cc2N)cc1. The van der Waals surface area contributed by atoms with Crippen molar-refractivity contribution in [2.24, 2.45) is 0 Å². The number of rotatable bonds is 3. The normalized spacial score (nSPS) is 11.0. The molecule has 0 bridgehead atoms. The largest absolute Gasteiger partial charge is 0.398 e. The molecule has 100 valence electrons. The highest BCUT2D eigenvalue weighted by Gasteiger charge is 2.08. The minimum absolute atomic E-state index is 0.296. The average molecular weight is 340 g/mol. The molecule has 0 spiro atoms. The van der Waals surface area contributed by atoms with E-state index in [-0.39, 0.29) is 5.82 Å². The van der Waals surface area contributed by atoms with E-state index in [2.05, 4.69) is 41.9 Å². The van der Waals surface area contributed by atoms with Crippen LogP contribution in [-0.2, 0) is 0 Å². The van der Waals surface area contributed by atoms with Crippen LogP contribution in [0.15, 0.2) is 50.7 Å². The zero-order valence-corrected chi connectivity index (χ0v) is 13.2. The van der Waals surface area contributed by atoms with Crippen LogP contribution in [0, 0.1) is 5.82 Å². The van der Waals surface area contributed by atoms with E-state index in [1.165, 1.54) is 23.4 Å². The lowest BCUT2D eigenvalue weighted by atomic mass is 10.0. The highest BCUT2D eigenvalue weighted by molar-refractivity contribution is 9.10. The van der Waals surface area contributed by atoms with Crippen molar-refractivity contribution in [3.8, 4) is 0 Å². The summed E-state index contributed by atoms with van der Waals surface area (Å²) < 4.78 is 13.9. The lowest BCUT2D eigenvalue weighted by Crippen LogP contribution is -1.91. The van der Waals surface area contributed by atoms with Gasteiger partial charge in [-0.05, 0) is 51.7 Å². The standard InChI is InChI=1S/C15H15BrFNS/c1-9(2)10-3-5-11(6-4-10)19-15-8-13(17)12(16)7-14(15)18/h3-9H,18H2,1-2H3. The topological polar surface area (TPSA) is 26.0 Å². The van der Waals surface area contributed by atoms with Gasteiger partial charge in [-0.15, -0.1) is 0 Å². The molecule has 0 saturated carbocycles. The van der Waals surface area contributed by atoms with E-state index in [1.807, 2.05) is 12.1 Å². The maximum absolute atomic E-state index is 13.5. The predicted molar refractivity (Wildman–Crippen MR) is 83.2 cm³/mol. The summed E-state index contributed by atoms with van der Waals surface area (Å²) in [5, 5.41) is 0. The second-order valence-electron chi connectivity index (χ2n) is 4.63. The van der Waals surface area contributed by atoms with Crippen LogP contribution in [0.2, 0.25) is 0 Å². The van der Waals surface area contributed by atoms with Crippen LogP contribution in [0.4, 0.5) is 10.1 Å². The number of hydrogen-bond donors (Lipinski definition) is 1. The van der Waals surface area contributed by atoms with Crippen molar-refractivity contribution in [3.63, 3.8) is 0 Å². The molecule has 1 nitrogen and oxygen atoms in total. The molecule has 0 heterocycles. The van der Waals surface area contributed by atoms with Crippen molar-refractivity contribution in [3.05, 3.63) is 52.3 Å². The summed E-state index contributed by atoms with van der Waals surface area (Å²) in [6.45, 7) is 4.31. The maximum Gasteiger partial charge on any atom is 0.138 e. The minimum Gasteiger partial charge on any atom is -0.398 e. The second-order valence-corrected chi connectivity index (χ2v) is 6.60. The Bertz CT molecular complexity index is 581. The number of nitrogen functional groups attached to an aromatic ring is 1. The summed E-state index contributed by atoms with van der Waals surface area (Å²) in [6, 6.07) is 11.3. The molecule has 4 heteroatoms. The molecule has 0 unspecified atom stereocenters. The summed E-state index contributed by atoms with van der Waals surface area (Å²) in [7, 11) is 0. The predicted octanol–water partition coefficient (Wildman–Crippen LogP) is 5.45. The monoisotopic (exact) mass is 339 g/mol. The van der Waals surface area contributed by atoms with Crippen molar-refractivity contribution in [2.75, 3.05) is 5.73 Å². The smallest absolute Gasteiger partial charge is 0.138 e. The number of anilines is 1. The molecule has 0 aliphatic carbocycles. The van der Waals surface area contributed by atoms with Crippen LogP contribution in [0.3, 0.4) is 0 Å². The van der Waals surface area contributed by atoms with Crippen molar-refractivity contribution in [2.45, 2.75) is 29.6 Å². The van der Waals surface area contributed by atoms with Gasteiger partial charge in [-0.2, -0.15) is 0 Å². The third-order valence-electron chi connectivity index (χ3n) is 2.83. The summed E-state index contributed by atoms with van der Waals surface area (Å²) >= 11 is 4.60. The van der Waals surface area contributed by atoms with E-state index in [0.29, 0.717) is 16.1 Å². The molecule has 0 radical (unpaired) electrons. The number of benzene rings is 2. The van der Waals surface area contributed by atoms with Gasteiger partial charge >= 0.3 is 0 Å². The highest BCUT2D eigenvalue weighted by atomic mass is 79.9. The number of nitrogens with two attached hydrogens (primary N) is 1. The quantitative estimate of drug-likeness (QED) is 0.753. The van der Waals surface area contributed by atoms with Gasteiger partial charge in [0, 0.05) is 15.5 Å². The summed E-state index contributed by atoms with van der Waals surface area (Å²) in [6.07, 6.45) is 0. The van der Waals surface area contributed by atoms with Gasteiger partial charge in [0.25, 0.3) is 0 Å². The van der Waals surface area contributed by atoms with Gasteiger partial charge in [0.2, 0.25) is 0 Å². The fourth-order valence-corrected chi connectivity index (χ4v) is 2.91. The Balaban J connectivity index is 2.24. The van der Waals surface area contributed by atoms with Crippen LogP contribution < -0.4 is 5.73 Å². The first kappa shape index (κ1) is 14.4. The van der Waals surface area contributed by atoms with Gasteiger partial charge in [-0.25, -0.2) is 4.39 Å². The lowest BCUT2D eigenvalue weighted by molar-refractivity contribution is 0.618. The molecule has 0 aliphatic rings. The van der Waals surface area contributed by atoms with Crippen LogP contribution in [0.1, 0.15) is 25.3 Å². The molecule has 0 saturated heterocycles. The highest BCUT2D eigenvalue weighted by Crippen LogP contribution is 2.35. The van der Waals surface area contributed by atoms with Gasteiger partial charge in [0.1, 0.15) is 5.82 Å². The Hall–Kier alpha value is -1.00. The number of hydrogen-bond acceptors (Lipinski definition) is 2. The van der Waals surface area contributed by atoms with E-state index in [0.717, 1.165) is 9.79 Å². The van der Waals surface area contributed by atoms with Gasteiger partial charge in [0.05, 0.1) is 4.47 Å². The van der Waals surface area contributed by atoms with Crippen molar-refractivity contribution in [1.82, 2.24) is 0 Å². The van der Waals surface area contributed by atoms with Gasteiger partial charge in [-0.3, -0.25) is 0 Å². The molecule has 2 rings (SSSR count). The summed E-state index contributed by atoms with van der Waals surface area (Å²) in [5.74, 6) is 0.213. The van der Waals surface area contributed by atoms with Crippen LogP contribution in [0.5, 0.6) is 0 Å². The first-order valence-corrected chi connectivity index (χ1v) is 7.60. The van der Waals surface area contributed by atoms with Crippen LogP contribution in [0.25, 0.3) is 0 Å². The zero-order chi connectivity index (χ0) is 14.0. The van der Waals surface area contributed by atoms with E-state index >= 15 is 0 Å². The maximum atomic E-state index is 13.5. The molecule has 0 aromatic heterocycles. The average Bonchev–Trinajstić information content (AvgIpc) is 2.36. The molecular formula is C15H15BrFNS. The van der Waals surface area contributed by atoms with Crippen LogP contribution in [-0.4, -0.2) is 0 Å². The third kappa shape index (κ3) is 3.51. The van der Waals surface area contributed by atoms with E-state index in [4.69, 9.17) is 5.73 Å². The molecule has 0 amide bonds. The lowest BCUT2D eigenvalue weighted by Gasteiger charge is -2.09. The zero-order valence-electron chi connectivity index (χ0n) is 10.8. The first-order chi connectivity index (χ1) is 8.97. The van der Waals surface area contributed by atoms with E-state index < -0.39 is 0 Å². The van der Waals surface area contributed by atoms with E-state index in [1.54, 1.807) is 6.07 Å². The minimum atomic E-state index is -0.296. The Morgan fingerprint density at radius 2 is 1.79 bits per heavy atom. The van der Waals surface area contributed by atoms with Crippen LogP contribution >= 0.6 is 27.7 Å². The van der Waals surface area contributed by atoms with Gasteiger partial charge in [0.15, 0.2) is 0 Å². The van der Waals surface area contributed by atoms with Gasteiger partial charge in [-0.1, -0.05) is 37.7 Å². The molecule has 0 fully saturated rings. The summed E-state index contributed by atoms with van der Waals surface area (Å²) in [4.78, 5) is 1.79.